The molecule has 1 N–H and O–H groups in total. The molecule has 5 heteroatoms. The second kappa shape index (κ2) is 5.84. The van der Waals surface area contributed by atoms with Gasteiger partial charge in [0.15, 0.2) is 5.13 Å². The molecule has 0 fully saturated rings. The number of nitrogens with zero attached hydrogens (tertiary/aromatic N) is 2. The van der Waals surface area contributed by atoms with Gasteiger partial charge < -0.3 is 10.0 Å². The normalized spacial score (nSPS) is 18.3. The Morgan fingerprint density at radius 2 is 2.35 bits per heavy atom. The third kappa shape index (κ3) is 2.75. The first kappa shape index (κ1) is 14.0. The molecule has 0 radical (unpaired) electrons. The zero-order valence-corrected chi connectivity index (χ0v) is 13.5. The topological polar surface area (TPSA) is 36.4 Å². The highest BCUT2D eigenvalue weighted by Crippen LogP contribution is 2.38. The predicted molar refractivity (Wildman–Crippen MR) is 85.6 cm³/mol. The predicted octanol–water partition coefficient (Wildman–Crippen LogP) is 3.99. The first-order chi connectivity index (χ1) is 9.65. The van der Waals surface area contributed by atoms with Crippen LogP contribution in [0.4, 0.5) is 5.13 Å². The van der Waals surface area contributed by atoms with Crippen LogP contribution in [0.25, 0.3) is 0 Å². The van der Waals surface area contributed by atoms with Gasteiger partial charge in [-0.2, -0.15) is 0 Å². The lowest BCUT2D eigenvalue weighted by Gasteiger charge is -2.25. The first-order valence-corrected chi connectivity index (χ1v) is 8.81. The number of aryl methyl sites for hydroxylation is 1. The van der Waals surface area contributed by atoms with E-state index < -0.39 is 0 Å². The zero-order valence-electron chi connectivity index (χ0n) is 11.9. The average Bonchev–Trinajstić information content (AvgIpc) is 3.05. The van der Waals surface area contributed by atoms with E-state index in [1.807, 2.05) is 0 Å². The Bertz CT molecular complexity index is 562. The molecular weight excluding hydrogens is 288 g/mol. The molecule has 1 atom stereocenters. The van der Waals surface area contributed by atoms with Gasteiger partial charge in [0.2, 0.25) is 0 Å². The molecule has 108 valence electrons. The van der Waals surface area contributed by atoms with E-state index in [1.54, 1.807) is 22.7 Å². The van der Waals surface area contributed by atoms with Crippen molar-refractivity contribution in [2.75, 3.05) is 4.90 Å². The molecule has 1 unspecified atom stereocenters. The van der Waals surface area contributed by atoms with Crippen molar-refractivity contribution in [3.05, 3.63) is 33.0 Å². The maximum Gasteiger partial charge on any atom is 0.186 e. The molecule has 1 aliphatic rings. The van der Waals surface area contributed by atoms with Gasteiger partial charge in [-0.3, -0.25) is 0 Å². The Morgan fingerprint density at radius 1 is 1.50 bits per heavy atom. The maximum atomic E-state index is 10.1. The van der Waals surface area contributed by atoms with Crippen molar-refractivity contribution >= 4 is 27.8 Å². The van der Waals surface area contributed by atoms with E-state index in [9.17, 15) is 5.11 Å². The minimum atomic E-state index is -0.305. The molecule has 0 amide bonds. The standard InChI is InChI=1S/C15H20N2OS2/c1-10(2)17(9-11-5-4-8-19-11)15-16-12-6-3-7-13(18)14(12)20-15/h4-5,8,10,13,18H,3,6-7,9H2,1-2H3. The van der Waals surface area contributed by atoms with Gasteiger partial charge in [-0.1, -0.05) is 17.4 Å². The number of rotatable bonds is 4. The van der Waals surface area contributed by atoms with Crippen molar-refractivity contribution in [3.63, 3.8) is 0 Å². The molecule has 2 heterocycles. The molecular formula is C15H20N2OS2. The van der Waals surface area contributed by atoms with E-state index in [4.69, 9.17) is 4.98 Å². The SMILES string of the molecule is CC(C)N(Cc1cccs1)c1nc2c(s1)C(O)CCC2. The molecule has 0 saturated carbocycles. The molecule has 0 aliphatic heterocycles. The summed E-state index contributed by atoms with van der Waals surface area (Å²) in [4.78, 5) is 9.57. The fourth-order valence-corrected chi connectivity index (χ4v) is 4.52. The highest BCUT2D eigenvalue weighted by atomic mass is 32.1. The number of aliphatic hydroxyl groups excluding tert-OH is 1. The smallest absolute Gasteiger partial charge is 0.186 e. The third-order valence-corrected chi connectivity index (χ3v) is 5.78. The second-order valence-electron chi connectivity index (χ2n) is 5.52. The molecule has 2 aromatic heterocycles. The number of anilines is 1. The highest BCUT2D eigenvalue weighted by Gasteiger charge is 2.25. The fourth-order valence-electron chi connectivity index (χ4n) is 2.55. The molecule has 3 rings (SSSR count). The molecule has 0 saturated heterocycles. The lowest BCUT2D eigenvalue weighted by Crippen LogP contribution is -2.29. The zero-order chi connectivity index (χ0) is 14.1. The van der Waals surface area contributed by atoms with Crippen LogP contribution in [0, 0.1) is 0 Å². The van der Waals surface area contributed by atoms with E-state index in [0.29, 0.717) is 6.04 Å². The Morgan fingerprint density at radius 3 is 3.00 bits per heavy atom. The minimum absolute atomic E-state index is 0.305. The van der Waals surface area contributed by atoms with Gasteiger partial charge in [0.05, 0.1) is 23.2 Å². The van der Waals surface area contributed by atoms with Crippen LogP contribution in [-0.4, -0.2) is 16.1 Å². The van der Waals surface area contributed by atoms with Crippen molar-refractivity contribution in [1.29, 1.82) is 0 Å². The van der Waals surface area contributed by atoms with Gasteiger partial charge in [0, 0.05) is 10.9 Å². The molecule has 0 bridgehead atoms. The lowest BCUT2D eigenvalue weighted by atomic mass is 10.0. The van der Waals surface area contributed by atoms with E-state index in [2.05, 4.69) is 36.3 Å². The number of aliphatic hydroxyl groups is 1. The van der Waals surface area contributed by atoms with Crippen LogP contribution in [0.3, 0.4) is 0 Å². The van der Waals surface area contributed by atoms with Gasteiger partial charge >= 0.3 is 0 Å². The summed E-state index contributed by atoms with van der Waals surface area (Å²) in [5.74, 6) is 0. The molecule has 0 spiro atoms. The second-order valence-corrected chi connectivity index (χ2v) is 7.56. The Hall–Kier alpha value is -0.910. The van der Waals surface area contributed by atoms with Crippen molar-refractivity contribution in [1.82, 2.24) is 4.98 Å². The summed E-state index contributed by atoms with van der Waals surface area (Å²) in [7, 11) is 0. The number of thiazole rings is 1. The van der Waals surface area contributed by atoms with Crippen LogP contribution in [0.15, 0.2) is 17.5 Å². The van der Waals surface area contributed by atoms with Crippen molar-refractivity contribution in [3.8, 4) is 0 Å². The third-order valence-electron chi connectivity index (χ3n) is 3.69. The van der Waals surface area contributed by atoms with Crippen LogP contribution in [0.2, 0.25) is 0 Å². The summed E-state index contributed by atoms with van der Waals surface area (Å²) >= 11 is 3.46. The van der Waals surface area contributed by atoms with Gasteiger partial charge in [-0.15, -0.1) is 11.3 Å². The van der Waals surface area contributed by atoms with E-state index in [0.717, 1.165) is 41.5 Å². The summed E-state index contributed by atoms with van der Waals surface area (Å²) < 4.78 is 0. The number of fused-ring (bicyclic) bond motifs is 1. The average molecular weight is 308 g/mol. The Balaban J connectivity index is 1.88. The number of hydrogen-bond acceptors (Lipinski definition) is 5. The lowest BCUT2D eigenvalue weighted by molar-refractivity contribution is 0.160. The van der Waals surface area contributed by atoms with Crippen LogP contribution in [0.5, 0.6) is 0 Å². The maximum absolute atomic E-state index is 10.1. The number of hydrogen-bond donors (Lipinski definition) is 1. The Kier molecular flexibility index (Phi) is 4.10. The number of thiophene rings is 1. The fraction of sp³-hybridized carbons (Fsp3) is 0.533. The molecule has 2 aromatic rings. The highest BCUT2D eigenvalue weighted by molar-refractivity contribution is 7.15. The van der Waals surface area contributed by atoms with E-state index >= 15 is 0 Å². The summed E-state index contributed by atoms with van der Waals surface area (Å²) in [6.07, 6.45) is 2.62. The number of aromatic nitrogens is 1. The summed E-state index contributed by atoms with van der Waals surface area (Å²) in [6.45, 7) is 5.30. The summed E-state index contributed by atoms with van der Waals surface area (Å²) in [5, 5.41) is 13.3. The van der Waals surface area contributed by atoms with E-state index in [1.165, 1.54) is 4.88 Å². The van der Waals surface area contributed by atoms with Crippen molar-refractivity contribution < 1.29 is 5.11 Å². The van der Waals surface area contributed by atoms with Crippen LogP contribution < -0.4 is 4.90 Å². The van der Waals surface area contributed by atoms with Crippen LogP contribution >= 0.6 is 22.7 Å². The van der Waals surface area contributed by atoms with Gasteiger partial charge in [-0.05, 0) is 44.6 Å². The monoisotopic (exact) mass is 308 g/mol. The summed E-state index contributed by atoms with van der Waals surface area (Å²) in [5.41, 5.74) is 1.11. The van der Waals surface area contributed by atoms with Crippen LogP contribution in [-0.2, 0) is 13.0 Å². The summed E-state index contributed by atoms with van der Waals surface area (Å²) in [6, 6.07) is 4.67. The van der Waals surface area contributed by atoms with E-state index in [-0.39, 0.29) is 6.10 Å². The quantitative estimate of drug-likeness (QED) is 0.928. The first-order valence-electron chi connectivity index (χ1n) is 7.12. The molecule has 1 aliphatic carbocycles. The largest absolute Gasteiger partial charge is 0.388 e. The molecule has 20 heavy (non-hydrogen) atoms. The van der Waals surface area contributed by atoms with Gasteiger partial charge in [0.25, 0.3) is 0 Å². The van der Waals surface area contributed by atoms with Crippen LogP contribution in [0.1, 0.15) is 48.2 Å². The van der Waals surface area contributed by atoms with Crippen molar-refractivity contribution in [2.24, 2.45) is 0 Å². The van der Waals surface area contributed by atoms with Gasteiger partial charge in [-0.25, -0.2) is 4.98 Å². The molecule has 3 nitrogen and oxygen atoms in total. The molecule has 0 aromatic carbocycles. The van der Waals surface area contributed by atoms with Gasteiger partial charge in [0.1, 0.15) is 0 Å². The van der Waals surface area contributed by atoms with Crippen molar-refractivity contribution in [2.45, 2.75) is 51.8 Å². The minimum Gasteiger partial charge on any atom is -0.388 e. The Labute approximate surface area is 127 Å².